The number of phenols is 1. The molecular formula is C25H38O2. The van der Waals surface area contributed by atoms with Gasteiger partial charge in [-0.25, -0.2) is 0 Å². The van der Waals surface area contributed by atoms with Gasteiger partial charge in [0.2, 0.25) is 0 Å². The second-order valence-electron chi connectivity index (χ2n) is 8.46. The van der Waals surface area contributed by atoms with Crippen LogP contribution in [-0.2, 0) is 0 Å². The predicted molar refractivity (Wildman–Crippen MR) is 117 cm³/mol. The third-order valence-electron chi connectivity index (χ3n) is 4.68. The molecule has 1 N–H and O–H groups in total. The quantitative estimate of drug-likeness (QED) is 0.609. The van der Waals surface area contributed by atoms with Gasteiger partial charge in [-0.2, -0.15) is 0 Å². The van der Waals surface area contributed by atoms with Crippen molar-refractivity contribution in [3.63, 3.8) is 0 Å². The molecule has 0 aliphatic rings. The zero-order valence-electron chi connectivity index (χ0n) is 18.9. The Kier molecular flexibility index (Phi) is 8.40. The molecule has 0 aliphatic carbocycles. The van der Waals surface area contributed by atoms with Crippen LogP contribution in [0.25, 0.3) is 0 Å². The third kappa shape index (κ3) is 6.61. The van der Waals surface area contributed by atoms with Crippen molar-refractivity contribution in [3.05, 3.63) is 57.6 Å². The summed E-state index contributed by atoms with van der Waals surface area (Å²) in [6, 6.07) is 8.56. The molecule has 2 nitrogen and oxygen atoms in total. The van der Waals surface area contributed by atoms with E-state index < -0.39 is 0 Å². The lowest BCUT2D eigenvalue weighted by Crippen LogP contribution is -2.08. The first-order valence-electron chi connectivity index (χ1n) is 10.0. The maximum atomic E-state index is 9.51. The minimum absolute atomic E-state index is 0.243. The molecule has 2 aromatic rings. The fraction of sp³-hybridized carbons (Fsp3) is 0.520. The van der Waals surface area contributed by atoms with Crippen molar-refractivity contribution in [2.24, 2.45) is 0 Å². The third-order valence-corrected chi connectivity index (χ3v) is 4.68. The Bertz CT molecular complexity index is 709. The zero-order chi connectivity index (χ0) is 20.9. The van der Waals surface area contributed by atoms with Crippen molar-refractivity contribution in [2.75, 3.05) is 0 Å². The molecule has 0 fully saturated rings. The summed E-state index contributed by atoms with van der Waals surface area (Å²) in [7, 11) is 0. The van der Waals surface area contributed by atoms with Gasteiger partial charge in [0.05, 0.1) is 6.10 Å². The number of rotatable bonds is 4. The lowest BCUT2D eigenvalue weighted by Gasteiger charge is -2.17. The molecule has 0 aromatic heterocycles. The van der Waals surface area contributed by atoms with Gasteiger partial charge in [0.25, 0.3) is 0 Å². The molecule has 150 valence electrons. The first-order valence-corrected chi connectivity index (χ1v) is 10.0. The van der Waals surface area contributed by atoms with Crippen LogP contribution in [0.3, 0.4) is 0 Å². The minimum Gasteiger partial charge on any atom is -0.507 e. The Hall–Kier alpha value is -1.96. The lowest BCUT2D eigenvalue weighted by molar-refractivity contribution is 0.239. The van der Waals surface area contributed by atoms with E-state index in [0.29, 0.717) is 17.6 Å². The molecule has 0 saturated heterocycles. The van der Waals surface area contributed by atoms with Crippen molar-refractivity contribution in [1.82, 2.24) is 0 Å². The van der Waals surface area contributed by atoms with Crippen LogP contribution in [0.4, 0.5) is 0 Å². The van der Waals surface area contributed by atoms with Gasteiger partial charge in [0.15, 0.2) is 0 Å². The fourth-order valence-electron chi connectivity index (χ4n) is 3.06. The number of hydrogen-bond donors (Lipinski definition) is 1. The number of phenolic OH excluding ortho intramolecular Hbond substituents is 1. The predicted octanol–water partition coefficient (Wildman–Crippen LogP) is 7.35. The summed E-state index contributed by atoms with van der Waals surface area (Å²) >= 11 is 0. The Labute approximate surface area is 166 Å². The van der Waals surface area contributed by atoms with Gasteiger partial charge in [-0.05, 0) is 86.8 Å². The monoisotopic (exact) mass is 370 g/mol. The summed E-state index contributed by atoms with van der Waals surface area (Å²) in [6.45, 7) is 21.0. The van der Waals surface area contributed by atoms with Gasteiger partial charge < -0.3 is 9.84 Å². The van der Waals surface area contributed by atoms with Crippen LogP contribution in [0.5, 0.6) is 11.5 Å². The molecule has 27 heavy (non-hydrogen) atoms. The maximum absolute atomic E-state index is 9.51. The molecule has 0 radical (unpaired) electrons. The van der Waals surface area contributed by atoms with Crippen LogP contribution in [0.2, 0.25) is 0 Å². The second-order valence-corrected chi connectivity index (χ2v) is 8.46. The van der Waals surface area contributed by atoms with E-state index in [1.165, 1.54) is 22.3 Å². The molecule has 2 heteroatoms. The van der Waals surface area contributed by atoms with Crippen LogP contribution in [0.1, 0.15) is 86.8 Å². The Morgan fingerprint density at radius 3 is 1.26 bits per heavy atom. The topological polar surface area (TPSA) is 29.5 Å². The van der Waals surface area contributed by atoms with E-state index in [-0.39, 0.29) is 6.10 Å². The van der Waals surface area contributed by atoms with E-state index in [1.807, 2.05) is 26.0 Å². The SMILES string of the molecule is Cc1cc(C(C)C)cc(C)c1O.Cc1cc(C(C)C)cc(C)c1OC(C)C. The molecule has 0 aliphatic heterocycles. The van der Waals surface area contributed by atoms with Gasteiger partial charge >= 0.3 is 0 Å². The highest BCUT2D eigenvalue weighted by atomic mass is 16.5. The fourth-order valence-corrected chi connectivity index (χ4v) is 3.06. The molecule has 0 amide bonds. The van der Waals surface area contributed by atoms with E-state index >= 15 is 0 Å². The summed E-state index contributed by atoms with van der Waals surface area (Å²) < 4.78 is 5.81. The standard InChI is InChI=1S/C14H22O.C11H16O/c1-9(2)13-7-11(5)14(12(6)8-13)15-10(3)4;1-7(2)10-5-8(3)11(12)9(4)6-10/h7-10H,1-6H3;5-7,12H,1-4H3. The Morgan fingerprint density at radius 2 is 0.963 bits per heavy atom. The van der Waals surface area contributed by atoms with Crippen molar-refractivity contribution in [1.29, 1.82) is 0 Å². The molecule has 0 spiro atoms. The summed E-state index contributed by atoms with van der Waals surface area (Å²) in [4.78, 5) is 0. The molecule has 0 saturated carbocycles. The average Bonchev–Trinajstić information content (AvgIpc) is 2.55. The van der Waals surface area contributed by atoms with E-state index in [4.69, 9.17) is 4.74 Å². The highest BCUT2D eigenvalue weighted by Gasteiger charge is 2.09. The van der Waals surface area contributed by atoms with Crippen molar-refractivity contribution < 1.29 is 9.84 Å². The molecule has 0 heterocycles. The van der Waals surface area contributed by atoms with Crippen LogP contribution in [0, 0.1) is 27.7 Å². The van der Waals surface area contributed by atoms with Crippen LogP contribution in [-0.4, -0.2) is 11.2 Å². The lowest BCUT2D eigenvalue weighted by atomic mass is 9.98. The number of hydrogen-bond acceptors (Lipinski definition) is 2. The van der Waals surface area contributed by atoms with Crippen LogP contribution < -0.4 is 4.74 Å². The first kappa shape index (κ1) is 23.1. The van der Waals surface area contributed by atoms with E-state index in [0.717, 1.165) is 16.9 Å². The highest BCUT2D eigenvalue weighted by Crippen LogP contribution is 2.29. The zero-order valence-corrected chi connectivity index (χ0v) is 18.9. The largest absolute Gasteiger partial charge is 0.507 e. The first-order chi connectivity index (χ1) is 12.4. The Morgan fingerprint density at radius 1 is 0.630 bits per heavy atom. The molecular weight excluding hydrogens is 332 g/mol. The second kappa shape index (κ2) is 9.82. The molecule has 0 atom stereocenters. The Balaban J connectivity index is 0.000000277. The average molecular weight is 371 g/mol. The minimum atomic E-state index is 0.243. The summed E-state index contributed by atoms with van der Waals surface area (Å²) in [5.74, 6) is 2.59. The van der Waals surface area contributed by atoms with Crippen molar-refractivity contribution in [3.8, 4) is 11.5 Å². The molecule has 0 unspecified atom stereocenters. The number of ether oxygens (including phenoxy) is 1. The van der Waals surface area contributed by atoms with E-state index in [9.17, 15) is 5.11 Å². The van der Waals surface area contributed by atoms with Crippen molar-refractivity contribution in [2.45, 2.75) is 87.2 Å². The number of aromatic hydroxyl groups is 1. The smallest absolute Gasteiger partial charge is 0.125 e. The molecule has 2 rings (SSSR count). The van der Waals surface area contributed by atoms with Gasteiger partial charge in [-0.15, -0.1) is 0 Å². The van der Waals surface area contributed by atoms with Gasteiger partial charge in [-0.1, -0.05) is 52.0 Å². The summed E-state index contributed by atoms with van der Waals surface area (Å²) in [5.41, 5.74) is 7.11. The van der Waals surface area contributed by atoms with Gasteiger partial charge in [0, 0.05) is 0 Å². The van der Waals surface area contributed by atoms with E-state index in [1.54, 1.807) is 0 Å². The van der Waals surface area contributed by atoms with Gasteiger partial charge in [0.1, 0.15) is 11.5 Å². The number of benzene rings is 2. The molecule has 0 bridgehead atoms. The van der Waals surface area contributed by atoms with E-state index in [2.05, 4.69) is 67.5 Å². The van der Waals surface area contributed by atoms with Crippen LogP contribution >= 0.6 is 0 Å². The summed E-state index contributed by atoms with van der Waals surface area (Å²) in [5, 5.41) is 9.51. The highest BCUT2D eigenvalue weighted by molar-refractivity contribution is 5.44. The van der Waals surface area contributed by atoms with Crippen molar-refractivity contribution >= 4 is 0 Å². The number of aryl methyl sites for hydroxylation is 4. The van der Waals surface area contributed by atoms with Gasteiger partial charge in [-0.3, -0.25) is 0 Å². The molecule has 2 aromatic carbocycles. The summed E-state index contributed by atoms with van der Waals surface area (Å²) in [6.07, 6.45) is 0.243. The normalized spacial score (nSPS) is 11.0. The van der Waals surface area contributed by atoms with Crippen LogP contribution in [0.15, 0.2) is 24.3 Å². The maximum Gasteiger partial charge on any atom is 0.125 e.